The fourth-order valence-corrected chi connectivity index (χ4v) is 2.78. The average molecular weight is 207 g/mol. The monoisotopic (exact) mass is 207 g/mol. The molecule has 1 fully saturated rings. The van der Waals surface area contributed by atoms with Crippen molar-refractivity contribution in [1.82, 2.24) is 5.32 Å². The van der Waals surface area contributed by atoms with Gasteiger partial charge in [-0.15, -0.1) is 0 Å². The molecule has 0 unspecified atom stereocenters. The minimum Gasteiger partial charge on any atom is -0.319 e. The Morgan fingerprint density at radius 3 is 2.67 bits per heavy atom. The first-order chi connectivity index (χ1) is 7.27. The summed E-state index contributed by atoms with van der Waals surface area (Å²) in [5.41, 5.74) is 1.34. The third-order valence-corrected chi connectivity index (χ3v) is 3.51. The SMILES string of the molecule is CNCC1(c2cccc(F)c2)CCCC1. The van der Waals surface area contributed by atoms with Crippen LogP contribution in [0.1, 0.15) is 31.2 Å². The molecule has 1 aliphatic carbocycles. The molecule has 1 aliphatic rings. The van der Waals surface area contributed by atoms with Crippen LogP contribution in [0.2, 0.25) is 0 Å². The molecule has 2 heteroatoms. The smallest absolute Gasteiger partial charge is 0.123 e. The van der Waals surface area contributed by atoms with Gasteiger partial charge in [-0.2, -0.15) is 0 Å². The van der Waals surface area contributed by atoms with Gasteiger partial charge in [0, 0.05) is 12.0 Å². The zero-order valence-electron chi connectivity index (χ0n) is 9.22. The molecule has 0 spiro atoms. The first kappa shape index (κ1) is 10.6. The summed E-state index contributed by atoms with van der Waals surface area (Å²) in [6.45, 7) is 0.955. The van der Waals surface area contributed by atoms with Crippen LogP contribution in [0, 0.1) is 5.82 Å². The molecule has 1 nitrogen and oxygen atoms in total. The number of likely N-dealkylation sites (N-methyl/N-ethyl adjacent to an activating group) is 1. The van der Waals surface area contributed by atoms with Gasteiger partial charge in [-0.25, -0.2) is 4.39 Å². The largest absolute Gasteiger partial charge is 0.319 e. The second kappa shape index (κ2) is 4.31. The van der Waals surface area contributed by atoms with Gasteiger partial charge in [0.15, 0.2) is 0 Å². The second-order valence-corrected chi connectivity index (χ2v) is 4.53. The van der Waals surface area contributed by atoms with Crippen LogP contribution in [0.4, 0.5) is 4.39 Å². The van der Waals surface area contributed by atoms with Gasteiger partial charge in [0.25, 0.3) is 0 Å². The van der Waals surface area contributed by atoms with E-state index in [0.717, 1.165) is 12.1 Å². The fourth-order valence-electron chi connectivity index (χ4n) is 2.78. The van der Waals surface area contributed by atoms with E-state index in [9.17, 15) is 4.39 Å². The number of halogens is 1. The van der Waals surface area contributed by atoms with Gasteiger partial charge >= 0.3 is 0 Å². The van der Waals surface area contributed by atoms with Gasteiger partial charge in [-0.1, -0.05) is 25.0 Å². The van der Waals surface area contributed by atoms with E-state index < -0.39 is 0 Å². The van der Waals surface area contributed by atoms with Crippen molar-refractivity contribution in [3.05, 3.63) is 35.6 Å². The molecule has 1 aromatic carbocycles. The topological polar surface area (TPSA) is 12.0 Å². The summed E-state index contributed by atoms with van der Waals surface area (Å²) in [6, 6.07) is 7.10. The standard InChI is InChI=1S/C13H18FN/c1-15-10-13(7-2-3-8-13)11-5-4-6-12(14)9-11/h4-6,9,15H,2-3,7-8,10H2,1H3. The molecular formula is C13H18FN. The lowest BCUT2D eigenvalue weighted by Gasteiger charge is -2.29. The summed E-state index contributed by atoms with van der Waals surface area (Å²) in [4.78, 5) is 0. The van der Waals surface area contributed by atoms with Gasteiger partial charge in [-0.3, -0.25) is 0 Å². The van der Waals surface area contributed by atoms with Crippen LogP contribution in [0.15, 0.2) is 24.3 Å². The molecule has 0 atom stereocenters. The highest BCUT2D eigenvalue weighted by atomic mass is 19.1. The van der Waals surface area contributed by atoms with Gasteiger partial charge in [0.05, 0.1) is 0 Å². The zero-order chi connectivity index (χ0) is 10.7. The molecule has 2 rings (SSSR count). The highest BCUT2D eigenvalue weighted by Gasteiger charge is 2.34. The van der Waals surface area contributed by atoms with Crippen molar-refractivity contribution < 1.29 is 4.39 Å². The van der Waals surface area contributed by atoms with Crippen LogP contribution < -0.4 is 5.32 Å². The maximum absolute atomic E-state index is 13.2. The molecule has 0 amide bonds. The van der Waals surface area contributed by atoms with Crippen molar-refractivity contribution in [2.24, 2.45) is 0 Å². The summed E-state index contributed by atoms with van der Waals surface area (Å²) >= 11 is 0. The lowest BCUT2D eigenvalue weighted by atomic mass is 9.79. The molecule has 0 bridgehead atoms. The molecule has 1 N–H and O–H groups in total. The Labute approximate surface area is 90.7 Å². The van der Waals surface area contributed by atoms with Crippen molar-refractivity contribution in [2.75, 3.05) is 13.6 Å². The summed E-state index contributed by atoms with van der Waals surface area (Å²) in [6.07, 6.45) is 4.88. The normalized spacial score (nSPS) is 19.3. The molecule has 82 valence electrons. The van der Waals surface area contributed by atoms with Crippen LogP contribution >= 0.6 is 0 Å². The Balaban J connectivity index is 2.31. The molecule has 0 radical (unpaired) electrons. The molecule has 0 aliphatic heterocycles. The van der Waals surface area contributed by atoms with Gasteiger partial charge < -0.3 is 5.32 Å². The maximum atomic E-state index is 13.2. The number of hydrogen-bond donors (Lipinski definition) is 1. The molecule has 15 heavy (non-hydrogen) atoms. The Hall–Kier alpha value is -0.890. The highest BCUT2D eigenvalue weighted by Crippen LogP contribution is 2.40. The van der Waals surface area contributed by atoms with Gasteiger partial charge in [-0.05, 0) is 37.6 Å². The Morgan fingerprint density at radius 1 is 1.33 bits per heavy atom. The van der Waals surface area contributed by atoms with E-state index >= 15 is 0 Å². The Kier molecular flexibility index (Phi) is 3.06. The van der Waals surface area contributed by atoms with E-state index in [1.807, 2.05) is 13.1 Å². The molecule has 0 aromatic heterocycles. The summed E-state index contributed by atoms with van der Waals surface area (Å²) in [7, 11) is 1.97. The van der Waals surface area contributed by atoms with Crippen LogP contribution in [0.3, 0.4) is 0 Å². The minimum atomic E-state index is -0.116. The predicted molar refractivity (Wildman–Crippen MR) is 60.5 cm³/mol. The number of hydrogen-bond acceptors (Lipinski definition) is 1. The Morgan fingerprint density at radius 2 is 2.07 bits per heavy atom. The van der Waals surface area contributed by atoms with E-state index in [1.165, 1.54) is 31.7 Å². The molecule has 1 saturated carbocycles. The highest BCUT2D eigenvalue weighted by molar-refractivity contribution is 5.28. The van der Waals surface area contributed by atoms with Crippen molar-refractivity contribution in [2.45, 2.75) is 31.1 Å². The lowest BCUT2D eigenvalue weighted by molar-refractivity contribution is 0.418. The van der Waals surface area contributed by atoms with Crippen molar-refractivity contribution in [1.29, 1.82) is 0 Å². The van der Waals surface area contributed by atoms with E-state index in [0.29, 0.717) is 0 Å². The minimum absolute atomic E-state index is 0.116. The fraction of sp³-hybridized carbons (Fsp3) is 0.538. The van der Waals surface area contributed by atoms with E-state index in [4.69, 9.17) is 0 Å². The summed E-state index contributed by atoms with van der Waals surface area (Å²) in [5, 5.41) is 3.25. The van der Waals surface area contributed by atoms with Gasteiger partial charge in [0.1, 0.15) is 5.82 Å². The molecule has 1 aromatic rings. The average Bonchev–Trinajstić information content (AvgIpc) is 2.68. The van der Waals surface area contributed by atoms with Crippen LogP contribution in [-0.4, -0.2) is 13.6 Å². The molecule has 0 heterocycles. The van der Waals surface area contributed by atoms with Crippen LogP contribution in [-0.2, 0) is 5.41 Å². The van der Waals surface area contributed by atoms with Crippen molar-refractivity contribution >= 4 is 0 Å². The maximum Gasteiger partial charge on any atom is 0.123 e. The van der Waals surface area contributed by atoms with E-state index in [-0.39, 0.29) is 11.2 Å². The summed E-state index contributed by atoms with van der Waals surface area (Å²) in [5.74, 6) is -0.116. The number of nitrogens with one attached hydrogen (secondary N) is 1. The van der Waals surface area contributed by atoms with E-state index in [2.05, 4.69) is 11.4 Å². The van der Waals surface area contributed by atoms with Crippen LogP contribution in [0.25, 0.3) is 0 Å². The first-order valence-electron chi connectivity index (χ1n) is 5.67. The first-order valence-corrected chi connectivity index (χ1v) is 5.67. The van der Waals surface area contributed by atoms with Gasteiger partial charge in [0.2, 0.25) is 0 Å². The predicted octanol–water partition coefficient (Wildman–Crippen LogP) is 2.86. The number of benzene rings is 1. The third-order valence-electron chi connectivity index (χ3n) is 3.51. The summed E-state index contributed by atoms with van der Waals surface area (Å²) < 4.78 is 13.2. The van der Waals surface area contributed by atoms with E-state index in [1.54, 1.807) is 6.07 Å². The molecule has 0 saturated heterocycles. The Bertz CT molecular complexity index is 329. The lowest BCUT2D eigenvalue weighted by Crippen LogP contribution is -2.34. The van der Waals surface area contributed by atoms with Crippen LogP contribution in [0.5, 0.6) is 0 Å². The van der Waals surface area contributed by atoms with Crippen molar-refractivity contribution in [3.8, 4) is 0 Å². The van der Waals surface area contributed by atoms with Crippen molar-refractivity contribution in [3.63, 3.8) is 0 Å². The number of rotatable bonds is 3. The second-order valence-electron chi connectivity index (χ2n) is 4.53. The quantitative estimate of drug-likeness (QED) is 0.803. The zero-order valence-corrected chi connectivity index (χ0v) is 9.22. The third kappa shape index (κ3) is 2.05. The molecular weight excluding hydrogens is 189 g/mol.